The molecular weight excluding hydrogens is 276 g/mol. The van der Waals surface area contributed by atoms with Gasteiger partial charge in [-0.2, -0.15) is 11.8 Å². The van der Waals surface area contributed by atoms with Gasteiger partial charge in [0.1, 0.15) is 5.75 Å². The fourth-order valence-corrected chi connectivity index (χ4v) is 2.20. The minimum Gasteiger partial charge on any atom is -0.492 e. The molecule has 6 heteroatoms. The molecule has 5 nitrogen and oxygen atoms in total. The summed E-state index contributed by atoms with van der Waals surface area (Å²) >= 11 is 1.81. The van der Waals surface area contributed by atoms with E-state index in [1.807, 2.05) is 11.8 Å². The average molecular weight is 298 g/mol. The first-order valence-electron chi connectivity index (χ1n) is 6.87. The molecule has 0 atom stereocenters. The molecular formula is C14H22N2O3S. The predicted molar refractivity (Wildman–Crippen MR) is 83.6 cm³/mol. The molecule has 0 aliphatic heterocycles. The first kappa shape index (κ1) is 16.8. The first-order valence-corrected chi connectivity index (χ1v) is 8.03. The number of rotatable bonds is 10. The topological polar surface area (TPSA) is 64.4 Å². The van der Waals surface area contributed by atoms with E-state index in [1.54, 1.807) is 12.1 Å². The average Bonchev–Trinajstić information content (AvgIpc) is 2.44. The summed E-state index contributed by atoms with van der Waals surface area (Å²) < 4.78 is 5.72. The molecule has 0 heterocycles. The Morgan fingerprint density at radius 2 is 2.20 bits per heavy atom. The second kappa shape index (κ2) is 9.61. The number of nitrogens with one attached hydrogen (secondary N) is 1. The van der Waals surface area contributed by atoms with Crippen molar-refractivity contribution in [2.75, 3.05) is 24.7 Å². The van der Waals surface area contributed by atoms with Crippen LogP contribution in [0.1, 0.15) is 25.8 Å². The maximum atomic E-state index is 10.8. The maximum absolute atomic E-state index is 10.8. The van der Waals surface area contributed by atoms with Crippen LogP contribution in [0.2, 0.25) is 0 Å². The zero-order valence-electron chi connectivity index (χ0n) is 12.1. The number of hydrogen-bond donors (Lipinski definition) is 1. The number of ether oxygens (including phenoxy) is 1. The molecule has 1 N–H and O–H groups in total. The Hall–Kier alpha value is -1.27. The van der Waals surface area contributed by atoms with Crippen molar-refractivity contribution in [1.29, 1.82) is 0 Å². The second-order valence-corrected chi connectivity index (χ2v) is 5.67. The second-order valence-electron chi connectivity index (χ2n) is 4.27. The summed E-state index contributed by atoms with van der Waals surface area (Å²) in [6, 6.07) is 4.77. The van der Waals surface area contributed by atoms with Gasteiger partial charge in [0.2, 0.25) is 0 Å². The smallest absolute Gasteiger partial charge is 0.270 e. The Kier molecular flexibility index (Phi) is 8.06. The Labute approximate surface area is 124 Å². The molecule has 1 aromatic carbocycles. The van der Waals surface area contributed by atoms with E-state index in [0.29, 0.717) is 13.2 Å². The van der Waals surface area contributed by atoms with Crippen LogP contribution >= 0.6 is 11.8 Å². The zero-order valence-corrected chi connectivity index (χ0v) is 12.9. The standard InChI is InChI=1S/C14H22N2O3S/c1-3-7-15-11-12-10-13(16(17)18)5-6-14(12)19-8-9-20-4-2/h5-6,10,15H,3-4,7-9,11H2,1-2H3. The van der Waals surface area contributed by atoms with Crippen molar-refractivity contribution in [3.63, 3.8) is 0 Å². The van der Waals surface area contributed by atoms with E-state index < -0.39 is 0 Å². The minimum atomic E-state index is -0.375. The van der Waals surface area contributed by atoms with Crippen LogP contribution in [-0.2, 0) is 6.54 Å². The molecule has 0 saturated carbocycles. The van der Waals surface area contributed by atoms with Crippen LogP contribution in [0.4, 0.5) is 5.69 Å². The molecule has 112 valence electrons. The van der Waals surface area contributed by atoms with Crippen molar-refractivity contribution in [1.82, 2.24) is 5.32 Å². The lowest BCUT2D eigenvalue weighted by molar-refractivity contribution is -0.384. The molecule has 0 amide bonds. The van der Waals surface area contributed by atoms with Gasteiger partial charge >= 0.3 is 0 Å². The Balaban J connectivity index is 2.71. The zero-order chi connectivity index (χ0) is 14.8. The van der Waals surface area contributed by atoms with E-state index >= 15 is 0 Å². The molecule has 0 bridgehead atoms. The highest BCUT2D eigenvalue weighted by atomic mass is 32.2. The molecule has 0 fully saturated rings. The van der Waals surface area contributed by atoms with Crippen LogP contribution in [0.25, 0.3) is 0 Å². The highest BCUT2D eigenvalue weighted by Gasteiger charge is 2.11. The van der Waals surface area contributed by atoms with Gasteiger partial charge in [-0.15, -0.1) is 0 Å². The molecule has 1 rings (SSSR count). The summed E-state index contributed by atoms with van der Waals surface area (Å²) in [5.74, 6) is 2.72. The fraction of sp³-hybridized carbons (Fsp3) is 0.571. The van der Waals surface area contributed by atoms with Crippen LogP contribution in [0, 0.1) is 10.1 Å². The van der Waals surface area contributed by atoms with Gasteiger partial charge in [0.25, 0.3) is 5.69 Å². The maximum Gasteiger partial charge on any atom is 0.270 e. The van der Waals surface area contributed by atoms with Crippen molar-refractivity contribution in [3.05, 3.63) is 33.9 Å². The number of thioether (sulfide) groups is 1. The van der Waals surface area contributed by atoms with Crippen molar-refractivity contribution < 1.29 is 9.66 Å². The van der Waals surface area contributed by atoms with Crippen LogP contribution < -0.4 is 10.1 Å². The Morgan fingerprint density at radius 1 is 1.40 bits per heavy atom. The molecule has 0 saturated heterocycles. The summed E-state index contributed by atoms with van der Waals surface area (Å²) in [6.07, 6.45) is 1.03. The van der Waals surface area contributed by atoms with Crippen LogP contribution in [0.3, 0.4) is 0 Å². The fourth-order valence-electron chi connectivity index (χ4n) is 1.71. The van der Waals surface area contributed by atoms with Crippen molar-refractivity contribution in [2.45, 2.75) is 26.8 Å². The lowest BCUT2D eigenvalue weighted by Gasteiger charge is -2.12. The third-order valence-corrected chi connectivity index (χ3v) is 3.55. The van der Waals surface area contributed by atoms with Gasteiger partial charge in [-0.1, -0.05) is 13.8 Å². The number of hydrogen-bond acceptors (Lipinski definition) is 5. The van der Waals surface area contributed by atoms with Gasteiger partial charge in [0.05, 0.1) is 11.5 Å². The predicted octanol–water partition coefficient (Wildman–Crippen LogP) is 3.23. The first-order chi connectivity index (χ1) is 9.69. The molecule has 0 aliphatic carbocycles. The van der Waals surface area contributed by atoms with E-state index in [9.17, 15) is 10.1 Å². The quantitative estimate of drug-likeness (QED) is 0.408. The summed E-state index contributed by atoms with van der Waals surface area (Å²) in [4.78, 5) is 10.5. The van der Waals surface area contributed by atoms with Gasteiger partial charge < -0.3 is 10.1 Å². The lowest BCUT2D eigenvalue weighted by atomic mass is 10.1. The summed E-state index contributed by atoms with van der Waals surface area (Å²) in [7, 11) is 0. The van der Waals surface area contributed by atoms with Gasteiger partial charge in [0, 0.05) is 30.0 Å². The number of nitro benzene ring substituents is 1. The monoisotopic (exact) mass is 298 g/mol. The molecule has 0 radical (unpaired) electrons. The summed E-state index contributed by atoms with van der Waals surface area (Å²) in [5.41, 5.74) is 0.947. The molecule has 0 spiro atoms. The van der Waals surface area contributed by atoms with Crippen molar-refractivity contribution in [3.8, 4) is 5.75 Å². The van der Waals surface area contributed by atoms with Gasteiger partial charge in [-0.25, -0.2) is 0 Å². The van der Waals surface area contributed by atoms with E-state index in [0.717, 1.165) is 35.8 Å². The number of nitrogens with zero attached hydrogens (tertiary/aromatic N) is 1. The van der Waals surface area contributed by atoms with Crippen LogP contribution in [0.15, 0.2) is 18.2 Å². The van der Waals surface area contributed by atoms with E-state index in [4.69, 9.17) is 4.74 Å². The number of benzene rings is 1. The van der Waals surface area contributed by atoms with Crippen molar-refractivity contribution >= 4 is 17.4 Å². The molecule has 20 heavy (non-hydrogen) atoms. The Morgan fingerprint density at radius 3 is 2.85 bits per heavy atom. The highest BCUT2D eigenvalue weighted by Crippen LogP contribution is 2.24. The highest BCUT2D eigenvalue weighted by molar-refractivity contribution is 7.99. The molecule has 1 aromatic rings. The van der Waals surface area contributed by atoms with Crippen molar-refractivity contribution in [2.24, 2.45) is 0 Å². The number of nitro groups is 1. The van der Waals surface area contributed by atoms with E-state index in [-0.39, 0.29) is 10.6 Å². The van der Waals surface area contributed by atoms with E-state index in [1.165, 1.54) is 6.07 Å². The normalized spacial score (nSPS) is 10.5. The van der Waals surface area contributed by atoms with Gasteiger partial charge in [0.15, 0.2) is 0 Å². The molecule has 0 aromatic heterocycles. The van der Waals surface area contributed by atoms with Crippen LogP contribution in [-0.4, -0.2) is 29.6 Å². The van der Waals surface area contributed by atoms with E-state index in [2.05, 4.69) is 19.2 Å². The summed E-state index contributed by atoms with van der Waals surface area (Å²) in [5, 5.41) is 14.1. The number of non-ortho nitro benzene ring substituents is 1. The third kappa shape index (κ3) is 5.79. The van der Waals surface area contributed by atoms with Gasteiger partial charge in [-0.3, -0.25) is 10.1 Å². The third-order valence-electron chi connectivity index (χ3n) is 2.69. The lowest BCUT2D eigenvalue weighted by Crippen LogP contribution is -2.15. The SMILES string of the molecule is CCCNCc1cc([N+](=O)[O-])ccc1OCCSCC. The molecule has 0 aliphatic rings. The van der Waals surface area contributed by atoms with Crippen LogP contribution in [0.5, 0.6) is 5.75 Å². The minimum absolute atomic E-state index is 0.105. The molecule has 0 unspecified atom stereocenters. The Bertz CT molecular complexity index is 427. The largest absolute Gasteiger partial charge is 0.492 e. The van der Waals surface area contributed by atoms with Gasteiger partial charge in [-0.05, 0) is 24.8 Å². The summed E-state index contributed by atoms with van der Waals surface area (Å²) in [6.45, 7) is 6.28.